The van der Waals surface area contributed by atoms with Crippen molar-refractivity contribution in [2.75, 3.05) is 76.6 Å². The van der Waals surface area contributed by atoms with Crippen LogP contribution in [0, 0.1) is 71.0 Å². The molecule has 0 aliphatic carbocycles. The number of hydrogen-bond acceptors (Lipinski definition) is 9. The van der Waals surface area contributed by atoms with Crippen molar-refractivity contribution >= 4 is 47.8 Å². The molecule has 15 nitrogen and oxygen atoms in total. The number of nitrogens with two attached hydrogens (primary N) is 3. The van der Waals surface area contributed by atoms with E-state index in [-0.39, 0.29) is 16.8 Å². The first-order valence-electron chi connectivity index (χ1n) is 37.2. The molecule has 18 heteroatoms. The Morgan fingerprint density at radius 2 is 0.505 bits per heavy atom. The molecule has 1 aromatic carbocycles. The molecule has 0 amide bonds. The lowest BCUT2D eigenvalue weighted by Gasteiger charge is -2.32. The summed E-state index contributed by atoms with van der Waals surface area (Å²) in [6.07, 6.45) is 19.6. The van der Waals surface area contributed by atoms with Gasteiger partial charge in [-0.05, 0) is 243 Å². The lowest BCUT2D eigenvalue weighted by Crippen LogP contribution is -2.27. The lowest BCUT2D eigenvalue weighted by molar-refractivity contribution is 0.00766. The van der Waals surface area contributed by atoms with Gasteiger partial charge in [-0.1, -0.05) is 266 Å². The molecule has 0 aliphatic heterocycles. The lowest BCUT2D eigenvalue weighted by atomic mass is 9.85. The van der Waals surface area contributed by atoms with Gasteiger partial charge in [0.2, 0.25) is 0 Å². The van der Waals surface area contributed by atoms with Crippen molar-refractivity contribution in [2.24, 2.45) is 104 Å². The van der Waals surface area contributed by atoms with E-state index < -0.39 is 0 Å². The predicted molar refractivity (Wildman–Crippen MR) is 461 cm³/mol. The summed E-state index contributed by atoms with van der Waals surface area (Å²) in [5.41, 5.74) is 41.5. The van der Waals surface area contributed by atoms with E-state index in [4.69, 9.17) is 48.0 Å². The van der Waals surface area contributed by atoms with Crippen molar-refractivity contribution in [1.29, 1.82) is 0 Å². The summed E-state index contributed by atoms with van der Waals surface area (Å²) in [6.45, 7) is 79.7. The van der Waals surface area contributed by atoms with Crippen LogP contribution in [0.3, 0.4) is 0 Å². The van der Waals surface area contributed by atoms with E-state index in [1.807, 2.05) is 18.2 Å². The minimum atomic E-state index is -0.363. The van der Waals surface area contributed by atoms with E-state index in [0.717, 1.165) is 163 Å². The van der Waals surface area contributed by atoms with Gasteiger partial charge in [0.15, 0.2) is 0 Å². The monoisotopic (exact) mass is 1600 g/mol. The Labute approximate surface area is 643 Å². The second-order valence-electron chi connectivity index (χ2n) is 30.6. The van der Waals surface area contributed by atoms with E-state index in [2.05, 4.69) is 324 Å². The summed E-state index contributed by atoms with van der Waals surface area (Å²) in [7, 11) is 5.19. The number of halogens is 3. The normalized spacial score (nSPS) is 10.3. The SMILES string of the molecule is C=CCC(C)C.C=CCC(C)C.C=CCC(C)C.CC(C)CCBr.CC(C)CCBr.CC(C)CCBr.CC(C)CCN.CC(C)CCN.CC(C)CCN.CC(C)CCN=[N+]=[N-].CC(C)CCN=[N+]=[N-].CC(C)CCN=[N+]=[N-].COC(C)(C)c1cc(C(C)(C)OC)cc(C(C)(C)OC)c1. The molecule has 0 fully saturated rings. The van der Waals surface area contributed by atoms with Crippen molar-refractivity contribution in [3.05, 3.63) is 104 Å². The first-order chi connectivity index (χ1) is 45.7. The van der Waals surface area contributed by atoms with E-state index in [0.29, 0.717) is 37.4 Å². The van der Waals surface area contributed by atoms with Crippen LogP contribution in [0.25, 0.3) is 31.3 Å². The molecule has 0 atom stereocenters. The molecule has 0 radical (unpaired) electrons. The summed E-state index contributed by atoms with van der Waals surface area (Å²) < 4.78 is 16.9. The van der Waals surface area contributed by atoms with Gasteiger partial charge >= 0.3 is 0 Å². The second kappa shape index (κ2) is 91.7. The molecule has 0 heterocycles. The molecule has 0 aromatic heterocycles. The zero-order valence-corrected chi connectivity index (χ0v) is 76.2. The van der Waals surface area contributed by atoms with Gasteiger partial charge in [-0.25, -0.2) is 0 Å². The molecule has 0 saturated carbocycles. The van der Waals surface area contributed by atoms with Crippen molar-refractivity contribution in [1.82, 2.24) is 0 Å². The third-order valence-electron chi connectivity index (χ3n) is 13.4. The Bertz CT molecular complexity index is 1670. The molecule has 0 aliphatic rings. The zero-order chi connectivity index (χ0) is 80.6. The molecule has 0 saturated heterocycles. The third kappa shape index (κ3) is 136. The first kappa shape index (κ1) is 123. The van der Waals surface area contributed by atoms with E-state index in [1.54, 1.807) is 21.3 Å². The average Bonchev–Trinajstić information content (AvgIpc) is 0.786. The highest BCUT2D eigenvalue weighted by Crippen LogP contribution is 2.35. The number of benzene rings is 1. The summed E-state index contributed by atoms with van der Waals surface area (Å²) in [4.78, 5) is 7.90. The van der Waals surface area contributed by atoms with Gasteiger partial charge in [0.05, 0.1) is 16.8 Å². The maximum atomic E-state index is 7.84. The topological polar surface area (TPSA) is 252 Å². The number of azide groups is 3. The van der Waals surface area contributed by atoms with Crippen molar-refractivity contribution < 1.29 is 14.2 Å². The quantitative estimate of drug-likeness (QED) is 0.0203. The van der Waals surface area contributed by atoms with Crippen LogP contribution in [-0.4, -0.2) is 76.6 Å². The highest BCUT2D eigenvalue weighted by Gasteiger charge is 2.29. The number of nitrogens with zero attached hydrogens (tertiary/aromatic N) is 9. The summed E-state index contributed by atoms with van der Waals surface area (Å²) in [6, 6.07) is 6.46. The fraction of sp³-hybridized carbons (Fsp3) is 0.852. The number of hydrogen-bond donors (Lipinski definition) is 3. The van der Waals surface area contributed by atoms with Crippen LogP contribution in [0.2, 0.25) is 0 Å². The van der Waals surface area contributed by atoms with E-state index in [9.17, 15) is 0 Å². The van der Waals surface area contributed by atoms with Gasteiger partial charge in [-0.15, -0.1) is 19.7 Å². The number of ether oxygens (including phenoxy) is 3. The molecular weight excluding hydrogens is 1430 g/mol. The first-order valence-corrected chi connectivity index (χ1v) is 40.6. The molecule has 0 spiro atoms. The fourth-order valence-corrected chi connectivity index (χ4v) is 8.51. The Kier molecular flexibility index (Phi) is 114. The molecule has 99 heavy (non-hydrogen) atoms. The molecule has 0 bridgehead atoms. The van der Waals surface area contributed by atoms with Gasteiger partial charge in [-0.2, -0.15) is 0 Å². The highest BCUT2D eigenvalue weighted by molar-refractivity contribution is 9.09. The minimum Gasteiger partial charge on any atom is -0.374 e. The van der Waals surface area contributed by atoms with Crippen LogP contribution in [0.5, 0.6) is 0 Å². The Morgan fingerprint density at radius 1 is 0.343 bits per heavy atom. The van der Waals surface area contributed by atoms with Crippen LogP contribution in [0.15, 0.2) is 71.5 Å². The number of rotatable bonds is 33. The second-order valence-corrected chi connectivity index (χ2v) is 33.0. The van der Waals surface area contributed by atoms with E-state index >= 15 is 0 Å². The maximum Gasteiger partial charge on any atom is 0.0871 e. The van der Waals surface area contributed by atoms with Crippen LogP contribution in [0.4, 0.5) is 0 Å². The van der Waals surface area contributed by atoms with E-state index in [1.165, 1.54) is 19.3 Å². The standard InChI is InChI=1S/C18H30O3.3C6H12.3C5H11Br.3C5H11N3.3C5H13N/c1-16(2,19-7)13-10-14(17(3,4)20-8)12-15(11-13)18(5,6)21-9;3*1-4-5-6(2)3;3*1-5(2)3-4-6;3*1-5(2)3-4-7-8-6;3*1-5(2)3-4-6/h10-12H,1-9H3;3*4,6H,1,5H2,2-3H3;3*5H,3-4H2,1-2H3;3*5H,3-4H2,1-2H3;3*5H,3-4,6H2,1-2H3. The molecule has 6 N–H and O–H groups in total. The van der Waals surface area contributed by atoms with Gasteiger partial charge < -0.3 is 31.4 Å². The van der Waals surface area contributed by atoms with Crippen LogP contribution < -0.4 is 17.2 Å². The summed E-state index contributed by atoms with van der Waals surface area (Å²) in [5, 5.41) is 13.6. The third-order valence-corrected chi connectivity index (χ3v) is 14.7. The number of methoxy groups -OCH3 is 3. The largest absolute Gasteiger partial charge is 0.374 e. The van der Waals surface area contributed by atoms with Crippen LogP contribution >= 0.6 is 47.8 Å². The number of alkyl halides is 3. The molecule has 1 rings (SSSR count). The van der Waals surface area contributed by atoms with Crippen molar-refractivity contribution in [2.45, 2.75) is 302 Å². The van der Waals surface area contributed by atoms with Crippen molar-refractivity contribution in [3.8, 4) is 0 Å². The smallest absolute Gasteiger partial charge is 0.0871 e. The Balaban J connectivity index is -0.0000000856. The highest BCUT2D eigenvalue weighted by atomic mass is 79.9. The minimum absolute atomic E-state index is 0.363. The molecule has 594 valence electrons. The van der Waals surface area contributed by atoms with Crippen molar-refractivity contribution in [3.63, 3.8) is 0 Å². The number of allylic oxidation sites excluding steroid dienone is 3. The van der Waals surface area contributed by atoms with Gasteiger partial charge in [0.25, 0.3) is 0 Å². The maximum absolute atomic E-state index is 7.84. The van der Waals surface area contributed by atoms with Gasteiger partial charge in [0.1, 0.15) is 0 Å². The molecule has 0 unspecified atom stereocenters. The van der Waals surface area contributed by atoms with Gasteiger partial charge in [0, 0.05) is 71.7 Å². The summed E-state index contributed by atoms with van der Waals surface area (Å²) in [5.74, 6) is 9.13. The van der Waals surface area contributed by atoms with Gasteiger partial charge in [-0.3, -0.25) is 0 Å². The average molecular weight is 1600 g/mol. The summed E-state index contributed by atoms with van der Waals surface area (Å²) >= 11 is 10.0. The van der Waals surface area contributed by atoms with Crippen LogP contribution in [0.1, 0.15) is 301 Å². The molecule has 1 aromatic rings. The fourth-order valence-electron chi connectivity index (χ4n) is 5.76. The Morgan fingerprint density at radius 3 is 0.566 bits per heavy atom. The Hall–Kier alpha value is -2.43. The predicted octanol–water partition coefficient (Wildman–Crippen LogP) is 28.3. The van der Waals surface area contributed by atoms with Crippen LogP contribution in [-0.2, 0) is 31.0 Å². The zero-order valence-electron chi connectivity index (χ0n) is 71.5. The molecular formula is C81H171Br3N12O3.